The van der Waals surface area contributed by atoms with Gasteiger partial charge in [0.1, 0.15) is 11.1 Å². The number of thiophene rings is 1. The molecule has 0 aliphatic heterocycles. The number of benzene rings is 1. The van der Waals surface area contributed by atoms with Crippen molar-refractivity contribution in [2.24, 2.45) is 4.99 Å². The zero-order valence-corrected chi connectivity index (χ0v) is 12.8. The van der Waals surface area contributed by atoms with Crippen LogP contribution in [0, 0.1) is 11.3 Å². The van der Waals surface area contributed by atoms with Gasteiger partial charge < -0.3 is 0 Å². The first-order valence-corrected chi connectivity index (χ1v) is 7.80. The summed E-state index contributed by atoms with van der Waals surface area (Å²) in [6.45, 7) is 0. The lowest BCUT2D eigenvalue weighted by Crippen LogP contribution is -1.85. The molecule has 20 heavy (non-hydrogen) atoms. The van der Waals surface area contributed by atoms with E-state index in [-0.39, 0.29) is 0 Å². The second-order valence-electron chi connectivity index (χ2n) is 4.54. The quantitative estimate of drug-likeness (QED) is 0.703. The summed E-state index contributed by atoms with van der Waals surface area (Å²) >= 11 is 13.8. The van der Waals surface area contributed by atoms with Crippen LogP contribution in [0.25, 0.3) is 0 Å². The smallest absolute Gasteiger partial charge is 0.134 e. The minimum atomic E-state index is 0.559. The second-order valence-corrected chi connectivity index (χ2v) is 6.44. The predicted molar refractivity (Wildman–Crippen MR) is 84.8 cm³/mol. The maximum atomic E-state index is 9.31. The molecule has 0 spiro atoms. The van der Waals surface area contributed by atoms with E-state index in [0.29, 0.717) is 21.2 Å². The molecule has 1 aromatic carbocycles. The van der Waals surface area contributed by atoms with Crippen molar-refractivity contribution in [3.63, 3.8) is 0 Å². The van der Waals surface area contributed by atoms with Gasteiger partial charge in [-0.1, -0.05) is 29.3 Å². The maximum Gasteiger partial charge on any atom is 0.134 e. The van der Waals surface area contributed by atoms with E-state index in [4.69, 9.17) is 23.2 Å². The molecule has 0 atom stereocenters. The Morgan fingerprint density at radius 3 is 2.70 bits per heavy atom. The molecule has 1 aromatic heterocycles. The Morgan fingerprint density at radius 1 is 1.25 bits per heavy atom. The molecule has 5 heteroatoms. The molecule has 0 bridgehead atoms. The first-order chi connectivity index (χ1) is 9.70. The second kappa shape index (κ2) is 5.57. The van der Waals surface area contributed by atoms with Gasteiger partial charge in [-0.25, -0.2) is 4.99 Å². The Morgan fingerprint density at radius 2 is 2.00 bits per heavy atom. The molecule has 0 fully saturated rings. The molecule has 2 nitrogen and oxygen atoms in total. The van der Waals surface area contributed by atoms with E-state index < -0.39 is 0 Å². The van der Waals surface area contributed by atoms with E-state index >= 15 is 0 Å². The Labute approximate surface area is 131 Å². The minimum Gasteiger partial charge on any atom is -0.244 e. The summed E-state index contributed by atoms with van der Waals surface area (Å²) in [5, 5.41) is 11.2. The van der Waals surface area contributed by atoms with Crippen LogP contribution in [-0.2, 0) is 12.8 Å². The molecule has 1 heterocycles. The SMILES string of the molecule is N#Cc1c(N=Cc2c(Cl)cccc2Cl)sc2c1CCC2. The number of nitrogens with zero attached hydrogens (tertiary/aromatic N) is 2. The Kier molecular flexibility index (Phi) is 3.80. The van der Waals surface area contributed by atoms with E-state index in [1.54, 1.807) is 35.8 Å². The highest BCUT2D eigenvalue weighted by Gasteiger charge is 2.21. The third-order valence-electron chi connectivity index (χ3n) is 3.33. The molecular weight excluding hydrogens is 311 g/mol. The van der Waals surface area contributed by atoms with Crippen molar-refractivity contribution in [2.75, 3.05) is 0 Å². The Balaban J connectivity index is 2.00. The van der Waals surface area contributed by atoms with Crippen molar-refractivity contribution in [2.45, 2.75) is 19.3 Å². The van der Waals surface area contributed by atoms with Gasteiger partial charge in [-0.05, 0) is 37.0 Å². The summed E-state index contributed by atoms with van der Waals surface area (Å²) in [4.78, 5) is 5.73. The van der Waals surface area contributed by atoms with Gasteiger partial charge >= 0.3 is 0 Å². The number of fused-ring (bicyclic) bond motifs is 1. The molecule has 0 radical (unpaired) electrons. The Bertz CT molecular complexity index is 721. The van der Waals surface area contributed by atoms with Gasteiger partial charge in [0.25, 0.3) is 0 Å². The Hall–Kier alpha value is -1.34. The molecule has 0 unspecified atom stereocenters. The van der Waals surface area contributed by atoms with Gasteiger partial charge in [0.15, 0.2) is 0 Å². The lowest BCUT2D eigenvalue weighted by Gasteiger charge is -2.00. The molecule has 0 amide bonds. The van der Waals surface area contributed by atoms with Crippen molar-refractivity contribution < 1.29 is 0 Å². The van der Waals surface area contributed by atoms with Crippen LogP contribution in [0.1, 0.15) is 28.0 Å². The third-order valence-corrected chi connectivity index (χ3v) is 5.18. The van der Waals surface area contributed by atoms with E-state index in [9.17, 15) is 5.26 Å². The zero-order chi connectivity index (χ0) is 14.1. The number of aliphatic imine (C=N–C) groups is 1. The van der Waals surface area contributed by atoms with E-state index in [0.717, 1.165) is 24.3 Å². The van der Waals surface area contributed by atoms with Gasteiger partial charge in [0.05, 0.1) is 15.6 Å². The normalized spacial score (nSPS) is 13.7. The van der Waals surface area contributed by atoms with Crippen molar-refractivity contribution in [1.29, 1.82) is 5.26 Å². The minimum absolute atomic E-state index is 0.559. The number of aryl methyl sites for hydroxylation is 1. The van der Waals surface area contributed by atoms with Crippen LogP contribution in [0.4, 0.5) is 5.00 Å². The fourth-order valence-electron chi connectivity index (χ4n) is 2.35. The molecular formula is C15H10Cl2N2S. The highest BCUT2D eigenvalue weighted by atomic mass is 35.5. The molecule has 3 rings (SSSR count). The summed E-state index contributed by atoms with van der Waals surface area (Å²) in [5.41, 5.74) is 2.57. The molecule has 1 aliphatic carbocycles. The summed E-state index contributed by atoms with van der Waals surface area (Å²) in [5.74, 6) is 0. The van der Waals surface area contributed by atoms with Gasteiger partial charge in [0, 0.05) is 16.7 Å². The number of hydrogen-bond acceptors (Lipinski definition) is 3. The lowest BCUT2D eigenvalue weighted by molar-refractivity contribution is 0.913. The van der Waals surface area contributed by atoms with Crippen LogP contribution in [0.3, 0.4) is 0 Å². The molecule has 0 saturated carbocycles. The molecule has 2 aromatic rings. The topological polar surface area (TPSA) is 36.1 Å². The summed E-state index contributed by atoms with van der Waals surface area (Å²) in [6, 6.07) is 7.61. The van der Waals surface area contributed by atoms with E-state index in [1.165, 1.54) is 10.4 Å². The lowest BCUT2D eigenvalue weighted by atomic mass is 10.1. The molecule has 100 valence electrons. The first kappa shape index (κ1) is 13.6. The standard InChI is InChI=1S/C15H10Cl2N2S/c16-12-4-2-5-13(17)11(12)8-19-15-10(7-18)9-3-1-6-14(9)20-15/h2,4-5,8H,1,3,6H2. The summed E-state index contributed by atoms with van der Waals surface area (Å²) < 4.78 is 0. The fourth-order valence-corrected chi connectivity index (χ4v) is 4.03. The fraction of sp³-hybridized carbons (Fsp3) is 0.200. The van der Waals surface area contributed by atoms with E-state index in [2.05, 4.69) is 11.1 Å². The van der Waals surface area contributed by atoms with Crippen LogP contribution in [0.15, 0.2) is 23.2 Å². The van der Waals surface area contributed by atoms with Crippen molar-refractivity contribution in [1.82, 2.24) is 0 Å². The van der Waals surface area contributed by atoms with Gasteiger partial charge in [0.2, 0.25) is 0 Å². The monoisotopic (exact) mass is 320 g/mol. The van der Waals surface area contributed by atoms with Gasteiger partial charge in [-0.15, -0.1) is 11.3 Å². The number of halogens is 2. The van der Waals surface area contributed by atoms with Crippen molar-refractivity contribution >= 4 is 45.8 Å². The van der Waals surface area contributed by atoms with Crippen LogP contribution in [-0.4, -0.2) is 6.21 Å². The highest BCUT2D eigenvalue weighted by Crippen LogP contribution is 2.40. The average molecular weight is 321 g/mol. The number of rotatable bonds is 2. The molecule has 0 N–H and O–H groups in total. The van der Waals surface area contributed by atoms with Gasteiger partial charge in [-0.3, -0.25) is 0 Å². The number of hydrogen-bond donors (Lipinski definition) is 0. The predicted octanol–water partition coefficient (Wildman–Crippen LogP) is 5.17. The van der Waals surface area contributed by atoms with Crippen LogP contribution in [0.5, 0.6) is 0 Å². The van der Waals surface area contributed by atoms with Crippen molar-refractivity contribution in [3.05, 3.63) is 49.8 Å². The van der Waals surface area contributed by atoms with Crippen LogP contribution in [0.2, 0.25) is 10.0 Å². The highest BCUT2D eigenvalue weighted by molar-refractivity contribution is 7.16. The maximum absolute atomic E-state index is 9.31. The molecule has 0 saturated heterocycles. The average Bonchev–Trinajstić information content (AvgIpc) is 2.98. The molecule has 1 aliphatic rings. The summed E-state index contributed by atoms with van der Waals surface area (Å²) in [7, 11) is 0. The van der Waals surface area contributed by atoms with Crippen molar-refractivity contribution in [3.8, 4) is 6.07 Å². The van der Waals surface area contributed by atoms with E-state index in [1.807, 2.05) is 0 Å². The zero-order valence-electron chi connectivity index (χ0n) is 10.5. The van der Waals surface area contributed by atoms with Crippen LogP contribution < -0.4 is 0 Å². The van der Waals surface area contributed by atoms with Gasteiger partial charge in [-0.2, -0.15) is 5.26 Å². The number of nitriles is 1. The van der Waals surface area contributed by atoms with Crippen LogP contribution >= 0.6 is 34.5 Å². The first-order valence-electron chi connectivity index (χ1n) is 6.23. The largest absolute Gasteiger partial charge is 0.244 e. The summed E-state index contributed by atoms with van der Waals surface area (Å²) in [6.07, 6.45) is 4.82. The third kappa shape index (κ3) is 2.35.